The standard InChI is InChI=1S/C17H25N3O2/c1-13-8-14(2)11-19(10-13)17(22)12-20(16(21)9-18)15-6-4-3-5-7-15/h3-7,13-14H,8-12,18H2,1-2H3. The lowest BCUT2D eigenvalue weighted by Crippen LogP contribution is -2.49. The van der Waals surface area contributed by atoms with Crippen molar-refractivity contribution in [2.24, 2.45) is 17.6 Å². The number of hydrogen-bond donors (Lipinski definition) is 1. The van der Waals surface area contributed by atoms with Gasteiger partial charge in [-0.1, -0.05) is 32.0 Å². The van der Waals surface area contributed by atoms with Crippen molar-refractivity contribution in [3.8, 4) is 0 Å². The van der Waals surface area contributed by atoms with Crippen molar-refractivity contribution in [2.75, 3.05) is 31.1 Å². The minimum Gasteiger partial charge on any atom is -0.341 e. The smallest absolute Gasteiger partial charge is 0.242 e. The Kier molecular flexibility index (Phi) is 5.55. The molecule has 0 bridgehead atoms. The van der Waals surface area contributed by atoms with E-state index in [1.807, 2.05) is 35.2 Å². The number of carbonyl (C=O) groups is 2. The average molecular weight is 303 g/mol. The van der Waals surface area contributed by atoms with Gasteiger partial charge in [-0.15, -0.1) is 0 Å². The average Bonchev–Trinajstić information content (AvgIpc) is 2.51. The summed E-state index contributed by atoms with van der Waals surface area (Å²) in [5.74, 6) is 0.757. The topological polar surface area (TPSA) is 66.6 Å². The molecule has 0 radical (unpaired) electrons. The van der Waals surface area contributed by atoms with Crippen LogP contribution in [0, 0.1) is 11.8 Å². The van der Waals surface area contributed by atoms with E-state index in [1.54, 1.807) is 0 Å². The summed E-state index contributed by atoms with van der Waals surface area (Å²) in [6.45, 7) is 5.81. The minimum atomic E-state index is -0.238. The second kappa shape index (κ2) is 7.40. The molecule has 5 heteroatoms. The molecule has 22 heavy (non-hydrogen) atoms. The first kappa shape index (κ1) is 16.5. The Bertz CT molecular complexity index is 508. The summed E-state index contributed by atoms with van der Waals surface area (Å²) in [6.07, 6.45) is 1.15. The number of nitrogens with two attached hydrogens (primary N) is 1. The highest BCUT2D eigenvalue weighted by atomic mass is 16.2. The molecule has 1 aliphatic heterocycles. The van der Waals surface area contributed by atoms with Gasteiger partial charge in [-0.2, -0.15) is 0 Å². The number of rotatable bonds is 4. The zero-order valence-corrected chi connectivity index (χ0v) is 13.4. The second-order valence-corrected chi connectivity index (χ2v) is 6.26. The van der Waals surface area contributed by atoms with E-state index in [0.29, 0.717) is 17.5 Å². The molecule has 2 atom stereocenters. The molecule has 1 heterocycles. The van der Waals surface area contributed by atoms with Crippen LogP contribution in [0.3, 0.4) is 0 Å². The maximum absolute atomic E-state index is 12.6. The Hall–Kier alpha value is -1.88. The van der Waals surface area contributed by atoms with Gasteiger partial charge in [0.15, 0.2) is 0 Å². The largest absolute Gasteiger partial charge is 0.341 e. The maximum atomic E-state index is 12.6. The predicted octanol–water partition coefficient (Wildman–Crippen LogP) is 1.48. The summed E-state index contributed by atoms with van der Waals surface area (Å²) in [5, 5.41) is 0. The Morgan fingerprint density at radius 1 is 1.18 bits per heavy atom. The maximum Gasteiger partial charge on any atom is 0.242 e. The number of anilines is 1. The Balaban J connectivity index is 2.10. The summed E-state index contributed by atoms with van der Waals surface area (Å²) in [7, 11) is 0. The molecule has 2 N–H and O–H groups in total. The van der Waals surface area contributed by atoms with Gasteiger partial charge in [-0.05, 0) is 30.4 Å². The van der Waals surface area contributed by atoms with Gasteiger partial charge in [0.25, 0.3) is 0 Å². The highest BCUT2D eigenvalue weighted by Gasteiger charge is 2.27. The van der Waals surface area contributed by atoms with Crippen molar-refractivity contribution in [1.82, 2.24) is 4.90 Å². The van der Waals surface area contributed by atoms with Gasteiger partial charge in [0.1, 0.15) is 6.54 Å². The molecule has 0 aliphatic carbocycles. The van der Waals surface area contributed by atoms with Gasteiger partial charge in [-0.25, -0.2) is 0 Å². The van der Waals surface area contributed by atoms with Gasteiger partial charge >= 0.3 is 0 Å². The number of para-hydroxylation sites is 1. The van der Waals surface area contributed by atoms with Crippen LogP contribution in [0.4, 0.5) is 5.69 Å². The lowest BCUT2D eigenvalue weighted by molar-refractivity contribution is -0.133. The molecule has 1 fully saturated rings. The number of hydrogen-bond acceptors (Lipinski definition) is 3. The second-order valence-electron chi connectivity index (χ2n) is 6.26. The number of piperidine rings is 1. The Labute approximate surface area is 132 Å². The SMILES string of the molecule is CC1CC(C)CN(C(=O)CN(C(=O)CN)c2ccccc2)C1. The predicted molar refractivity (Wildman–Crippen MR) is 87.4 cm³/mol. The van der Waals surface area contributed by atoms with Gasteiger partial charge in [-0.3, -0.25) is 9.59 Å². The fraction of sp³-hybridized carbons (Fsp3) is 0.529. The molecule has 0 aromatic heterocycles. The summed E-state index contributed by atoms with van der Waals surface area (Å²) >= 11 is 0. The van der Waals surface area contributed by atoms with Gasteiger partial charge in [0.2, 0.25) is 11.8 Å². The van der Waals surface area contributed by atoms with Crippen molar-refractivity contribution in [2.45, 2.75) is 20.3 Å². The van der Waals surface area contributed by atoms with Crippen molar-refractivity contribution >= 4 is 17.5 Å². The van der Waals surface area contributed by atoms with E-state index in [1.165, 1.54) is 4.90 Å². The molecular weight excluding hydrogens is 278 g/mol. The summed E-state index contributed by atoms with van der Waals surface area (Å²) in [5.41, 5.74) is 6.20. The lowest BCUT2D eigenvalue weighted by Gasteiger charge is -2.36. The highest BCUT2D eigenvalue weighted by Crippen LogP contribution is 2.21. The van der Waals surface area contributed by atoms with Crippen LogP contribution in [0.1, 0.15) is 20.3 Å². The lowest BCUT2D eigenvalue weighted by atomic mass is 9.92. The van der Waals surface area contributed by atoms with Crippen LogP contribution < -0.4 is 10.6 Å². The highest BCUT2D eigenvalue weighted by molar-refractivity contribution is 5.99. The van der Waals surface area contributed by atoms with E-state index < -0.39 is 0 Å². The van der Waals surface area contributed by atoms with Crippen molar-refractivity contribution in [3.63, 3.8) is 0 Å². The Morgan fingerprint density at radius 2 is 1.77 bits per heavy atom. The normalized spacial score (nSPS) is 21.5. The summed E-state index contributed by atoms with van der Waals surface area (Å²) < 4.78 is 0. The van der Waals surface area contributed by atoms with E-state index >= 15 is 0 Å². The summed E-state index contributed by atoms with van der Waals surface area (Å²) in [4.78, 5) is 28.0. The van der Waals surface area contributed by atoms with E-state index in [0.717, 1.165) is 19.5 Å². The van der Waals surface area contributed by atoms with Crippen LogP contribution in [0.2, 0.25) is 0 Å². The molecule has 2 unspecified atom stereocenters. The van der Waals surface area contributed by atoms with Crippen LogP contribution >= 0.6 is 0 Å². The number of benzene rings is 1. The zero-order chi connectivity index (χ0) is 16.1. The third-order valence-corrected chi connectivity index (χ3v) is 4.06. The number of amides is 2. The van der Waals surface area contributed by atoms with Crippen molar-refractivity contribution in [1.29, 1.82) is 0 Å². The first-order valence-corrected chi connectivity index (χ1v) is 7.84. The van der Waals surface area contributed by atoms with Gasteiger partial charge < -0.3 is 15.5 Å². The van der Waals surface area contributed by atoms with Crippen molar-refractivity contribution in [3.05, 3.63) is 30.3 Å². The molecule has 2 rings (SSSR count). The molecule has 2 amide bonds. The Morgan fingerprint density at radius 3 is 2.32 bits per heavy atom. The molecule has 5 nitrogen and oxygen atoms in total. The monoisotopic (exact) mass is 303 g/mol. The number of nitrogens with zero attached hydrogens (tertiary/aromatic N) is 2. The first-order chi connectivity index (χ1) is 10.5. The number of likely N-dealkylation sites (tertiary alicyclic amines) is 1. The van der Waals surface area contributed by atoms with Crippen LogP contribution in [0.15, 0.2) is 30.3 Å². The summed E-state index contributed by atoms with van der Waals surface area (Å²) in [6, 6.07) is 9.22. The van der Waals surface area contributed by atoms with E-state index in [-0.39, 0.29) is 24.9 Å². The van der Waals surface area contributed by atoms with E-state index in [2.05, 4.69) is 13.8 Å². The molecule has 0 saturated carbocycles. The molecule has 1 aliphatic rings. The fourth-order valence-electron chi connectivity index (χ4n) is 3.14. The molecule has 1 aromatic carbocycles. The van der Waals surface area contributed by atoms with Crippen LogP contribution in [0.5, 0.6) is 0 Å². The molecule has 0 spiro atoms. The molecular formula is C17H25N3O2. The van der Waals surface area contributed by atoms with Gasteiger partial charge in [0.05, 0.1) is 6.54 Å². The van der Waals surface area contributed by atoms with Crippen LogP contribution in [-0.4, -0.2) is 42.9 Å². The zero-order valence-electron chi connectivity index (χ0n) is 13.4. The van der Waals surface area contributed by atoms with Crippen LogP contribution in [0.25, 0.3) is 0 Å². The third kappa shape index (κ3) is 4.07. The van der Waals surface area contributed by atoms with Crippen molar-refractivity contribution < 1.29 is 9.59 Å². The molecule has 120 valence electrons. The van der Waals surface area contributed by atoms with E-state index in [4.69, 9.17) is 5.73 Å². The fourth-order valence-corrected chi connectivity index (χ4v) is 3.14. The van der Waals surface area contributed by atoms with Crippen LogP contribution in [-0.2, 0) is 9.59 Å². The first-order valence-electron chi connectivity index (χ1n) is 7.84. The third-order valence-electron chi connectivity index (χ3n) is 4.06. The number of carbonyl (C=O) groups excluding carboxylic acids is 2. The van der Waals surface area contributed by atoms with E-state index in [9.17, 15) is 9.59 Å². The molecule has 1 aromatic rings. The molecule has 1 saturated heterocycles. The van der Waals surface area contributed by atoms with Gasteiger partial charge in [0, 0.05) is 18.8 Å². The minimum absolute atomic E-state index is 0.0101. The quantitative estimate of drug-likeness (QED) is 0.916.